The molecule has 2 N–H and O–H groups in total. The van der Waals surface area contributed by atoms with E-state index in [1.807, 2.05) is 49.9 Å². The van der Waals surface area contributed by atoms with Gasteiger partial charge in [-0.05, 0) is 107 Å². The van der Waals surface area contributed by atoms with Crippen LogP contribution < -0.4 is 9.47 Å². The summed E-state index contributed by atoms with van der Waals surface area (Å²) in [5.74, 6) is -0.122. The minimum absolute atomic E-state index is 0.0587. The van der Waals surface area contributed by atoms with Crippen molar-refractivity contribution >= 4 is 18.1 Å². The van der Waals surface area contributed by atoms with Gasteiger partial charge in [0.1, 0.15) is 35.2 Å². The van der Waals surface area contributed by atoms with Gasteiger partial charge in [0, 0.05) is 43.2 Å². The molecule has 6 atom stereocenters. The Morgan fingerprint density at radius 3 is 2.25 bits per heavy atom. The van der Waals surface area contributed by atoms with Crippen LogP contribution >= 0.6 is 0 Å². The lowest BCUT2D eigenvalue weighted by molar-refractivity contribution is -0.255. The third-order valence-corrected chi connectivity index (χ3v) is 13.1. The zero-order chi connectivity index (χ0) is 46.7. The molecule has 1 saturated carbocycles. The smallest absolute Gasteiger partial charge is 0.410 e. The molecule has 3 aliphatic rings. The predicted molar refractivity (Wildman–Crippen MR) is 258 cm³/mol. The van der Waals surface area contributed by atoms with Crippen molar-refractivity contribution in [3.63, 3.8) is 0 Å². The highest BCUT2D eigenvalue weighted by Crippen LogP contribution is 2.62. The van der Waals surface area contributed by atoms with E-state index in [-0.39, 0.29) is 37.6 Å². The number of unbranched alkanes of at least 4 members (excludes halogenated alkanes) is 11. The lowest BCUT2D eigenvalue weighted by atomic mass is 9.55. The van der Waals surface area contributed by atoms with Gasteiger partial charge >= 0.3 is 6.09 Å². The van der Waals surface area contributed by atoms with Crippen molar-refractivity contribution in [3.05, 3.63) is 77.9 Å². The Morgan fingerprint density at radius 2 is 1.58 bits per heavy atom. The number of fused-ring (bicyclic) bond motifs is 2. The molecule has 5 rings (SSSR count). The highest BCUT2D eigenvalue weighted by Gasteiger charge is 2.65. The van der Waals surface area contributed by atoms with Crippen LogP contribution in [0, 0.1) is 17.8 Å². The second-order valence-electron chi connectivity index (χ2n) is 19.3. The van der Waals surface area contributed by atoms with Crippen LogP contribution in [0.3, 0.4) is 0 Å². The van der Waals surface area contributed by atoms with Gasteiger partial charge in [0.05, 0.1) is 24.8 Å². The number of hydrogen-bond donors (Lipinski definition) is 2. The molecule has 0 spiro atoms. The molecule has 0 aromatic heterocycles. The molecule has 0 radical (unpaired) electrons. The number of aliphatic hydroxyl groups is 2. The minimum Gasteiger partial charge on any atom is -0.459 e. The molecule has 1 fully saturated rings. The first-order chi connectivity index (χ1) is 31.5. The Kier molecular flexibility index (Phi) is 20.9. The minimum atomic E-state index is -1.38. The van der Waals surface area contributed by atoms with Crippen LogP contribution in [0.5, 0.6) is 17.2 Å². The third kappa shape index (κ3) is 14.2. The van der Waals surface area contributed by atoms with Crippen LogP contribution in [-0.2, 0) is 14.3 Å². The molecule has 0 bridgehead atoms. The number of benzene rings is 2. The number of allylic oxidation sites excluding steroid dienone is 1. The number of rotatable bonds is 29. The summed E-state index contributed by atoms with van der Waals surface area (Å²) < 4.78 is 27.1. The van der Waals surface area contributed by atoms with Crippen LogP contribution in [0.2, 0.25) is 0 Å². The Bertz CT molecular complexity index is 1850. The summed E-state index contributed by atoms with van der Waals surface area (Å²) in [5, 5.41) is 24.9. The Balaban J connectivity index is 1.60. The summed E-state index contributed by atoms with van der Waals surface area (Å²) in [6, 6.07) is 12.3. The van der Waals surface area contributed by atoms with Gasteiger partial charge in [0.25, 0.3) is 0 Å². The van der Waals surface area contributed by atoms with Gasteiger partial charge in [0.2, 0.25) is 5.79 Å². The average molecular weight is 901 g/mol. The van der Waals surface area contributed by atoms with E-state index in [0.29, 0.717) is 61.6 Å². The van der Waals surface area contributed by atoms with Gasteiger partial charge in [-0.15, -0.1) is 6.58 Å². The quantitative estimate of drug-likeness (QED) is 0.0354. The normalized spacial score (nSPS) is 22.8. The van der Waals surface area contributed by atoms with Crippen molar-refractivity contribution in [2.45, 2.75) is 174 Å². The number of aliphatic hydroxyl groups excluding tert-OH is 2. The molecule has 2 aromatic carbocycles. The first kappa shape index (κ1) is 51.8. The summed E-state index contributed by atoms with van der Waals surface area (Å²) in [4.78, 5) is 34.4. The van der Waals surface area contributed by atoms with Crippen molar-refractivity contribution in [1.82, 2.24) is 4.90 Å². The Hall–Kier alpha value is -4.19. The molecular formula is C54H80N2O9. The largest absolute Gasteiger partial charge is 0.459 e. The number of nitrogens with zero attached hydrogens (tertiary/aromatic N) is 2. The van der Waals surface area contributed by atoms with Gasteiger partial charge in [-0.25, -0.2) is 4.79 Å². The van der Waals surface area contributed by atoms with Crippen LogP contribution in [0.25, 0.3) is 0 Å². The molecule has 1 aliphatic heterocycles. The van der Waals surface area contributed by atoms with Gasteiger partial charge in [-0.2, -0.15) is 0 Å². The van der Waals surface area contributed by atoms with Crippen molar-refractivity contribution in [2.24, 2.45) is 22.9 Å². The van der Waals surface area contributed by atoms with Crippen molar-refractivity contribution in [1.29, 1.82) is 0 Å². The van der Waals surface area contributed by atoms with Crippen LogP contribution in [0.1, 0.15) is 172 Å². The molecule has 11 nitrogen and oxygen atoms in total. The average Bonchev–Trinajstić information content (AvgIpc) is 3.29. The number of hydrogen-bond acceptors (Lipinski definition) is 10. The molecule has 65 heavy (non-hydrogen) atoms. The maximum atomic E-state index is 14.6. The van der Waals surface area contributed by atoms with E-state index in [4.69, 9.17) is 28.9 Å². The SMILES string of the molecule is C=CCOC12Oc3ccc(Oc4cccc(C=O)c4)cc3C3C(CCCCO)C(CCCCO)C=C(C(=NOC(C)(C)C)CC1N(CCC)C(=O)OCCCCCCCCCCCC)C32. The van der Waals surface area contributed by atoms with Crippen LogP contribution in [-0.4, -0.2) is 83.6 Å². The number of amides is 1. The van der Waals surface area contributed by atoms with Crippen molar-refractivity contribution in [2.75, 3.05) is 33.0 Å². The molecule has 1 amide bonds. The molecule has 6 unspecified atom stereocenters. The van der Waals surface area contributed by atoms with E-state index in [2.05, 4.69) is 26.5 Å². The van der Waals surface area contributed by atoms with Crippen molar-refractivity contribution in [3.8, 4) is 17.2 Å². The van der Waals surface area contributed by atoms with E-state index in [1.165, 1.54) is 44.9 Å². The maximum Gasteiger partial charge on any atom is 0.410 e. The van der Waals surface area contributed by atoms with E-state index < -0.39 is 29.4 Å². The monoisotopic (exact) mass is 901 g/mol. The molecule has 1 heterocycles. The molecule has 11 heteroatoms. The second kappa shape index (κ2) is 26.2. The summed E-state index contributed by atoms with van der Waals surface area (Å²) in [6.07, 6.45) is 22.0. The topological polar surface area (TPSA) is 136 Å². The van der Waals surface area contributed by atoms with E-state index in [0.717, 1.165) is 68.1 Å². The van der Waals surface area contributed by atoms with Crippen molar-refractivity contribution < 1.29 is 43.6 Å². The number of carbonyl (C=O) groups is 2. The van der Waals surface area contributed by atoms with Gasteiger partial charge in [-0.3, -0.25) is 9.69 Å². The Labute approximate surface area is 390 Å². The van der Waals surface area contributed by atoms with E-state index >= 15 is 0 Å². The molecule has 2 aliphatic carbocycles. The summed E-state index contributed by atoms with van der Waals surface area (Å²) in [5.41, 5.74) is 2.59. The maximum absolute atomic E-state index is 14.6. The van der Waals surface area contributed by atoms with Gasteiger partial charge in [-0.1, -0.05) is 114 Å². The lowest BCUT2D eigenvalue weighted by Gasteiger charge is -2.60. The highest BCUT2D eigenvalue weighted by molar-refractivity contribution is 6.03. The fourth-order valence-electron chi connectivity index (χ4n) is 10.1. The molecule has 360 valence electrons. The van der Waals surface area contributed by atoms with E-state index in [1.54, 1.807) is 24.3 Å². The second-order valence-corrected chi connectivity index (χ2v) is 19.3. The zero-order valence-corrected chi connectivity index (χ0v) is 40.3. The number of oxime groups is 1. The van der Waals surface area contributed by atoms with Gasteiger partial charge in [0.15, 0.2) is 0 Å². The number of aldehydes is 1. The standard InChI is InChI=1S/C54H80N2O9/c1-7-10-11-12-13-14-15-16-17-22-34-61-52(60)56(30-8-2)49-38-47(55-65-53(4,5)6)45-36-41(25-18-20-31-57)44(27-19-21-32-58)50-46-37-43(63-42-26-23-24-40(35-42)39-59)28-29-48(46)64-54(49,51(45)50)62-33-9-3/h9,23-24,26,28-29,35-37,39,41,44,49-51,57-58H,3,7-8,10-22,25,27,30-34,38H2,1-2,4-6H3. The lowest BCUT2D eigenvalue weighted by Crippen LogP contribution is -2.70. The molecule has 2 aromatic rings. The fourth-order valence-corrected chi connectivity index (χ4v) is 10.1. The third-order valence-electron chi connectivity index (χ3n) is 13.1. The molecular weight excluding hydrogens is 821 g/mol. The van der Waals surface area contributed by atoms with E-state index in [9.17, 15) is 19.8 Å². The first-order valence-corrected chi connectivity index (χ1v) is 25.0. The summed E-state index contributed by atoms with van der Waals surface area (Å²) in [7, 11) is 0. The highest BCUT2D eigenvalue weighted by atomic mass is 16.7. The number of carbonyl (C=O) groups excluding carboxylic acids is 2. The van der Waals surface area contributed by atoms with Crippen LogP contribution in [0.15, 0.2) is 71.9 Å². The zero-order valence-electron chi connectivity index (χ0n) is 40.3. The summed E-state index contributed by atoms with van der Waals surface area (Å²) in [6.45, 7) is 15.4. The Morgan fingerprint density at radius 1 is 0.892 bits per heavy atom. The summed E-state index contributed by atoms with van der Waals surface area (Å²) >= 11 is 0. The predicted octanol–water partition coefficient (Wildman–Crippen LogP) is 12.5. The first-order valence-electron chi connectivity index (χ1n) is 25.0. The van der Waals surface area contributed by atoms with Gasteiger partial charge < -0.3 is 34.0 Å². The van der Waals surface area contributed by atoms with Crippen LogP contribution in [0.4, 0.5) is 4.79 Å². The number of ether oxygens (including phenoxy) is 4. The fraction of sp³-hybridized carbons (Fsp3) is 0.648. The molecule has 0 saturated heterocycles.